The van der Waals surface area contributed by atoms with Crippen molar-refractivity contribution in [3.8, 4) is 5.88 Å². The number of amidine groups is 1. The van der Waals surface area contributed by atoms with Crippen LogP contribution >= 0.6 is 0 Å². The van der Waals surface area contributed by atoms with Gasteiger partial charge in [0.2, 0.25) is 5.88 Å². The number of carbonyl (C=O) groups excluding carboxylic acids is 2. The number of hydrogen-bond acceptors (Lipinski definition) is 7. The van der Waals surface area contributed by atoms with Gasteiger partial charge in [-0.25, -0.2) is 15.9 Å². The molecule has 1 aliphatic heterocycles. The number of ether oxygens (including phenoxy) is 1. The lowest BCUT2D eigenvalue weighted by Gasteiger charge is -2.30. The first-order chi connectivity index (χ1) is 18.3. The molecular weight excluding hydrogens is 515 g/mol. The number of hydrazine groups is 1. The molecule has 2 aromatic heterocycles. The number of pyridine rings is 1. The van der Waals surface area contributed by atoms with Gasteiger partial charge in [0.25, 0.3) is 11.8 Å². The van der Waals surface area contributed by atoms with E-state index in [2.05, 4.69) is 15.4 Å². The summed E-state index contributed by atoms with van der Waals surface area (Å²) in [5, 5.41) is 4.39. The SMILES string of the molecule is [B]C([B])(Oc1nccc2c1cc1n2CCN(CCNC(=O)c2cccc(/C(N)=N/N(C)N)c2)C1=O)C(F)(F)F. The summed E-state index contributed by atoms with van der Waals surface area (Å²) in [4.78, 5) is 31.2. The number of hydrazone groups is 1. The molecule has 5 N–H and O–H groups in total. The summed E-state index contributed by atoms with van der Waals surface area (Å²) in [7, 11) is 11.7. The molecule has 1 aromatic carbocycles. The fourth-order valence-electron chi connectivity index (χ4n) is 4.03. The van der Waals surface area contributed by atoms with Crippen molar-refractivity contribution in [2.24, 2.45) is 16.7 Å². The van der Waals surface area contributed by atoms with Crippen LogP contribution in [-0.4, -0.2) is 91.2 Å². The molecule has 3 heterocycles. The van der Waals surface area contributed by atoms with Crippen LogP contribution in [0.3, 0.4) is 0 Å². The molecule has 0 bridgehead atoms. The number of benzene rings is 1. The van der Waals surface area contributed by atoms with E-state index < -0.39 is 17.5 Å². The van der Waals surface area contributed by atoms with E-state index in [1.54, 1.807) is 34.9 Å². The standard InChI is InChI=1S/C23H23B2F3N8O3/c1-34(30)33-18(29)13-3-2-4-14(11-13)19(37)31-7-8-35-9-10-36-16-5-6-32-20(15(16)12-17(36)21(35)38)39-22(24,25)23(26,27)28/h2-6,11-12H,7-10,30H2,1H3,(H2,29,33)(H,31,37). The van der Waals surface area contributed by atoms with Gasteiger partial charge in [-0.2, -0.15) is 13.2 Å². The van der Waals surface area contributed by atoms with Gasteiger partial charge in [-0.15, -0.1) is 5.10 Å². The molecule has 0 atom stereocenters. The van der Waals surface area contributed by atoms with Crippen LogP contribution in [0, 0.1) is 0 Å². The first kappa shape index (κ1) is 27.8. The molecule has 200 valence electrons. The minimum Gasteiger partial charge on any atom is -0.482 e. The Hall–Kier alpha value is -4.20. The molecule has 11 nitrogen and oxygen atoms in total. The van der Waals surface area contributed by atoms with Gasteiger partial charge in [-0.05, 0) is 24.3 Å². The second kappa shape index (κ2) is 10.5. The molecule has 4 rings (SSSR count). The van der Waals surface area contributed by atoms with Crippen molar-refractivity contribution < 1.29 is 27.5 Å². The molecular formula is C23H23B2F3N8O3. The van der Waals surface area contributed by atoms with E-state index in [1.807, 2.05) is 0 Å². The van der Waals surface area contributed by atoms with E-state index in [1.165, 1.54) is 24.2 Å². The van der Waals surface area contributed by atoms with Crippen molar-refractivity contribution in [2.75, 3.05) is 26.7 Å². The van der Waals surface area contributed by atoms with Gasteiger partial charge < -0.3 is 25.3 Å². The van der Waals surface area contributed by atoms with Gasteiger partial charge in [-0.3, -0.25) is 9.59 Å². The summed E-state index contributed by atoms with van der Waals surface area (Å²) in [6, 6.07) is 9.43. The number of fused-ring (bicyclic) bond motifs is 3. The minimum atomic E-state index is -5.06. The van der Waals surface area contributed by atoms with Gasteiger partial charge in [-0.1, -0.05) is 12.1 Å². The fraction of sp³-hybridized carbons (Fsp3) is 0.304. The van der Waals surface area contributed by atoms with Crippen LogP contribution in [0.2, 0.25) is 0 Å². The van der Waals surface area contributed by atoms with E-state index in [4.69, 9.17) is 32.0 Å². The number of nitrogens with one attached hydrogen (secondary N) is 1. The number of carbonyl (C=O) groups is 2. The number of rotatable bonds is 8. The summed E-state index contributed by atoms with van der Waals surface area (Å²) in [5.74, 6) is 4.39. The molecule has 39 heavy (non-hydrogen) atoms. The maximum atomic E-state index is 13.2. The molecule has 0 spiro atoms. The molecule has 16 heteroatoms. The van der Waals surface area contributed by atoms with Crippen molar-refractivity contribution in [3.63, 3.8) is 0 Å². The summed E-state index contributed by atoms with van der Waals surface area (Å²) in [5.41, 5.74) is 7.39. The van der Waals surface area contributed by atoms with Crippen LogP contribution < -0.4 is 21.6 Å². The van der Waals surface area contributed by atoms with E-state index in [9.17, 15) is 22.8 Å². The first-order valence-corrected chi connectivity index (χ1v) is 11.6. The largest absolute Gasteiger partial charge is 0.482 e. The molecule has 0 saturated heterocycles. The highest BCUT2D eigenvalue weighted by molar-refractivity contribution is 6.40. The van der Waals surface area contributed by atoms with Crippen LogP contribution in [0.25, 0.3) is 10.9 Å². The average Bonchev–Trinajstić information content (AvgIpc) is 3.25. The third-order valence-electron chi connectivity index (χ3n) is 5.95. The zero-order chi connectivity index (χ0) is 28.5. The summed E-state index contributed by atoms with van der Waals surface area (Å²) < 4.78 is 45.8. The van der Waals surface area contributed by atoms with Crippen LogP contribution in [0.1, 0.15) is 26.4 Å². The van der Waals surface area contributed by atoms with Gasteiger partial charge >= 0.3 is 6.18 Å². The molecule has 0 saturated carbocycles. The molecule has 0 aliphatic carbocycles. The molecule has 3 aromatic rings. The lowest BCUT2D eigenvalue weighted by molar-refractivity contribution is -0.186. The highest BCUT2D eigenvalue weighted by Crippen LogP contribution is 2.34. The van der Waals surface area contributed by atoms with Crippen LogP contribution in [0.4, 0.5) is 13.2 Å². The van der Waals surface area contributed by atoms with Gasteiger partial charge in [0.15, 0.2) is 5.84 Å². The summed E-state index contributed by atoms with van der Waals surface area (Å²) in [6.45, 7) is 0.999. The van der Waals surface area contributed by atoms with Crippen molar-refractivity contribution >= 4 is 44.2 Å². The maximum Gasteiger partial charge on any atom is 0.410 e. The average molecular weight is 538 g/mol. The number of halogens is 3. The van der Waals surface area contributed by atoms with Gasteiger partial charge in [0.05, 0.1) is 10.9 Å². The molecule has 0 fully saturated rings. The van der Waals surface area contributed by atoms with Crippen LogP contribution in [0.15, 0.2) is 47.7 Å². The van der Waals surface area contributed by atoms with E-state index >= 15 is 0 Å². The summed E-state index contributed by atoms with van der Waals surface area (Å²) >= 11 is 0. The minimum absolute atomic E-state index is 0.134. The quantitative estimate of drug-likeness (QED) is 0.123. The monoisotopic (exact) mass is 538 g/mol. The van der Waals surface area contributed by atoms with Gasteiger partial charge in [0, 0.05) is 50.6 Å². The van der Waals surface area contributed by atoms with Crippen molar-refractivity contribution in [1.82, 2.24) is 24.9 Å². The number of nitrogens with two attached hydrogens (primary N) is 2. The van der Waals surface area contributed by atoms with Crippen LogP contribution in [0.5, 0.6) is 5.88 Å². The maximum absolute atomic E-state index is 13.2. The summed E-state index contributed by atoms with van der Waals surface area (Å²) in [6.07, 6.45) is -3.82. The Labute approximate surface area is 223 Å². The number of alkyl halides is 3. The smallest absolute Gasteiger partial charge is 0.410 e. The van der Waals surface area contributed by atoms with Gasteiger partial charge in [0.1, 0.15) is 26.8 Å². The number of aromatic nitrogens is 2. The lowest BCUT2D eigenvalue weighted by Crippen LogP contribution is -2.51. The normalized spacial score (nSPS) is 14.3. The third-order valence-corrected chi connectivity index (χ3v) is 5.95. The number of amides is 2. The lowest BCUT2D eigenvalue weighted by atomic mass is 9.64. The fourth-order valence-corrected chi connectivity index (χ4v) is 4.03. The Balaban J connectivity index is 1.44. The molecule has 1 aliphatic rings. The predicted molar refractivity (Wildman–Crippen MR) is 138 cm³/mol. The number of hydrogen-bond donors (Lipinski definition) is 3. The Morgan fingerprint density at radius 3 is 2.64 bits per heavy atom. The Kier molecular flexibility index (Phi) is 7.50. The molecule has 0 unspecified atom stereocenters. The topological polar surface area (TPSA) is 144 Å². The van der Waals surface area contributed by atoms with Crippen molar-refractivity contribution in [3.05, 3.63) is 59.4 Å². The predicted octanol–water partition coefficient (Wildman–Crippen LogP) is 0.280. The van der Waals surface area contributed by atoms with E-state index in [0.717, 1.165) is 5.12 Å². The Bertz CT molecular complexity index is 1440. The highest BCUT2D eigenvalue weighted by atomic mass is 19.4. The van der Waals surface area contributed by atoms with E-state index in [-0.39, 0.29) is 41.8 Å². The Morgan fingerprint density at radius 2 is 1.95 bits per heavy atom. The zero-order valence-corrected chi connectivity index (χ0v) is 20.8. The first-order valence-electron chi connectivity index (χ1n) is 11.6. The second-order valence-corrected chi connectivity index (χ2v) is 8.81. The van der Waals surface area contributed by atoms with Crippen molar-refractivity contribution in [1.29, 1.82) is 0 Å². The van der Waals surface area contributed by atoms with Crippen molar-refractivity contribution in [2.45, 2.75) is 18.1 Å². The number of nitrogens with zero attached hydrogens (tertiary/aromatic N) is 5. The molecule has 2 amide bonds. The molecule has 4 radical (unpaired) electrons. The van der Waals surface area contributed by atoms with Crippen LogP contribution in [-0.2, 0) is 6.54 Å². The highest BCUT2D eigenvalue weighted by Gasteiger charge is 2.48. The Morgan fingerprint density at radius 1 is 1.23 bits per heavy atom. The third kappa shape index (κ3) is 5.79. The second-order valence-electron chi connectivity index (χ2n) is 8.81. The zero-order valence-electron chi connectivity index (χ0n) is 20.8. The van der Waals surface area contributed by atoms with E-state index in [0.29, 0.717) is 29.7 Å².